The van der Waals surface area contributed by atoms with Crippen LogP contribution in [0, 0.1) is 0 Å². The zero-order valence-corrected chi connectivity index (χ0v) is 34.1. The lowest BCUT2D eigenvalue weighted by atomic mass is 9.82. The van der Waals surface area contributed by atoms with Gasteiger partial charge in [-0.25, -0.2) is 0 Å². The molecule has 0 unspecified atom stereocenters. The van der Waals surface area contributed by atoms with Crippen molar-refractivity contribution in [2.24, 2.45) is 0 Å². The van der Waals surface area contributed by atoms with Crippen LogP contribution in [0.25, 0.3) is 121 Å². The van der Waals surface area contributed by atoms with Gasteiger partial charge in [-0.05, 0) is 151 Å². The number of fused-ring (bicyclic) bond motifs is 6. The zero-order valence-electron chi connectivity index (χ0n) is 34.1. The maximum atomic E-state index is 2.45. The molecule has 0 fully saturated rings. The van der Waals surface area contributed by atoms with Gasteiger partial charge in [-0.2, -0.15) is 0 Å². The first-order valence-corrected chi connectivity index (χ1v) is 21.5. The van der Waals surface area contributed by atoms with Crippen molar-refractivity contribution >= 4 is 53.9 Å². The Balaban J connectivity index is 1.12. The third kappa shape index (κ3) is 6.08. The van der Waals surface area contributed by atoms with Crippen LogP contribution in [0.5, 0.6) is 0 Å². The van der Waals surface area contributed by atoms with E-state index < -0.39 is 0 Å². The van der Waals surface area contributed by atoms with Crippen LogP contribution in [-0.2, 0) is 0 Å². The molecular formula is C62H40. The highest BCUT2D eigenvalue weighted by Gasteiger charge is 2.21. The Labute approximate surface area is 361 Å². The minimum atomic E-state index is 1.20. The molecular weight excluding hydrogens is 745 g/mol. The predicted molar refractivity (Wildman–Crippen MR) is 267 cm³/mol. The molecule has 0 N–H and O–H groups in total. The van der Waals surface area contributed by atoms with E-state index >= 15 is 0 Å². The predicted octanol–water partition coefficient (Wildman–Crippen LogP) is 17.5. The fourth-order valence-electron chi connectivity index (χ4n) is 9.88. The molecule has 12 rings (SSSR count). The van der Waals surface area contributed by atoms with Gasteiger partial charge in [-0.15, -0.1) is 0 Å². The van der Waals surface area contributed by atoms with Gasteiger partial charge in [0, 0.05) is 0 Å². The van der Waals surface area contributed by atoms with Gasteiger partial charge in [0.25, 0.3) is 0 Å². The molecule has 0 bridgehead atoms. The van der Waals surface area contributed by atoms with Gasteiger partial charge in [0.1, 0.15) is 0 Å². The highest BCUT2D eigenvalue weighted by molar-refractivity contribution is 6.23. The van der Waals surface area contributed by atoms with E-state index in [1.165, 1.54) is 121 Å². The highest BCUT2D eigenvalue weighted by atomic mass is 14.2. The number of hydrogen-bond donors (Lipinski definition) is 0. The number of rotatable bonds is 6. The van der Waals surface area contributed by atoms with Crippen molar-refractivity contribution in [3.8, 4) is 66.8 Å². The van der Waals surface area contributed by atoms with Crippen LogP contribution in [-0.4, -0.2) is 0 Å². The van der Waals surface area contributed by atoms with Crippen LogP contribution < -0.4 is 0 Å². The van der Waals surface area contributed by atoms with Crippen LogP contribution in [0.2, 0.25) is 0 Å². The average molecular weight is 785 g/mol. The van der Waals surface area contributed by atoms with E-state index in [0.29, 0.717) is 0 Å². The quantitative estimate of drug-likeness (QED) is 0.147. The molecule has 0 aliphatic heterocycles. The summed E-state index contributed by atoms with van der Waals surface area (Å²) in [6.45, 7) is 0. The van der Waals surface area contributed by atoms with E-state index in [9.17, 15) is 0 Å². The molecule has 288 valence electrons. The Morgan fingerprint density at radius 3 is 1.05 bits per heavy atom. The van der Waals surface area contributed by atoms with Crippen molar-refractivity contribution < 1.29 is 0 Å². The van der Waals surface area contributed by atoms with Gasteiger partial charge in [0.2, 0.25) is 0 Å². The Morgan fingerprint density at radius 1 is 0.161 bits per heavy atom. The summed E-state index contributed by atoms with van der Waals surface area (Å²) < 4.78 is 0. The highest BCUT2D eigenvalue weighted by Crippen LogP contribution is 2.48. The molecule has 0 aliphatic rings. The van der Waals surface area contributed by atoms with Crippen LogP contribution in [0.4, 0.5) is 0 Å². The molecule has 12 aromatic carbocycles. The van der Waals surface area contributed by atoms with Gasteiger partial charge in [0.15, 0.2) is 0 Å². The lowest BCUT2D eigenvalue weighted by Crippen LogP contribution is -1.94. The van der Waals surface area contributed by atoms with Crippen molar-refractivity contribution in [1.82, 2.24) is 0 Å². The molecule has 0 saturated heterocycles. The summed E-state index contributed by atoms with van der Waals surface area (Å²) >= 11 is 0. The molecule has 0 heteroatoms. The Hall–Kier alpha value is -8.06. The molecule has 0 aliphatic carbocycles. The van der Waals surface area contributed by atoms with E-state index in [-0.39, 0.29) is 0 Å². The summed E-state index contributed by atoms with van der Waals surface area (Å²) in [5.41, 5.74) is 14.7. The largest absolute Gasteiger partial charge is 0.0622 e. The molecule has 0 amide bonds. The van der Waals surface area contributed by atoms with E-state index in [4.69, 9.17) is 0 Å². The first-order valence-electron chi connectivity index (χ1n) is 21.5. The van der Waals surface area contributed by atoms with E-state index in [2.05, 4.69) is 243 Å². The summed E-state index contributed by atoms with van der Waals surface area (Å²) in [6, 6.07) is 89.5. The van der Waals surface area contributed by atoms with Gasteiger partial charge < -0.3 is 0 Å². The number of hydrogen-bond acceptors (Lipinski definition) is 0. The topological polar surface area (TPSA) is 0 Å². The van der Waals surface area contributed by atoms with Crippen LogP contribution in [0.1, 0.15) is 0 Å². The fourth-order valence-corrected chi connectivity index (χ4v) is 9.88. The monoisotopic (exact) mass is 784 g/mol. The lowest BCUT2D eigenvalue weighted by Gasteiger charge is -2.21. The third-order valence-corrected chi connectivity index (χ3v) is 12.8. The average Bonchev–Trinajstić information content (AvgIpc) is 3.35. The van der Waals surface area contributed by atoms with Crippen LogP contribution in [0.3, 0.4) is 0 Å². The molecule has 0 saturated carbocycles. The second-order valence-electron chi connectivity index (χ2n) is 16.4. The maximum absolute atomic E-state index is 2.45. The second-order valence-corrected chi connectivity index (χ2v) is 16.4. The van der Waals surface area contributed by atoms with Crippen molar-refractivity contribution in [2.75, 3.05) is 0 Å². The summed E-state index contributed by atoms with van der Waals surface area (Å²) in [7, 11) is 0. The normalized spacial score (nSPS) is 11.5. The van der Waals surface area contributed by atoms with Gasteiger partial charge in [-0.1, -0.05) is 212 Å². The first kappa shape index (κ1) is 35.8. The second kappa shape index (κ2) is 14.9. The van der Waals surface area contributed by atoms with E-state index in [1.807, 2.05) is 0 Å². The smallest absolute Gasteiger partial charge is 0.00201 e. The summed E-state index contributed by atoms with van der Waals surface area (Å²) in [6.07, 6.45) is 0. The molecule has 12 aromatic rings. The van der Waals surface area contributed by atoms with E-state index in [0.717, 1.165) is 0 Å². The van der Waals surface area contributed by atoms with Crippen LogP contribution >= 0.6 is 0 Å². The Kier molecular flexibility index (Phi) is 8.61. The van der Waals surface area contributed by atoms with E-state index in [1.54, 1.807) is 0 Å². The molecule has 0 heterocycles. The Morgan fingerprint density at radius 2 is 0.532 bits per heavy atom. The minimum absolute atomic E-state index is 1.20. The zero-order chi connectivity index (χ0) is 41.0. The Bertz CT molecular complexity index is 3660. The summed E-state index contributed by atoms with van der Waals surface area (Å²) in [4.78, 5) is 0. The van der Waals surface area contributed by atoms with Crippen LogP contribution in [0.15, 0.2) is 243 Å². The molecule has 0 spiro atoms. The first-order chi connectivity index (χ1) is 30.7. The van der Waals surface area contributed by atoms with Gasteiger partial charge in [-0.3, -0.25) is 0 Å². The molecule has 0 radical (unpaired) electrons. The van der Waals surface area contributed by atoms with Crippen molar-refractivity contribution in [1.29, 1.82) is 0 Å². The molecule has 0 atom stereocenters. The summed E-state index contributed by atoms with van der Waals surface area (Å²) in [5, 5.41) is 12.5. The van der Waals surface area contributed by atoms with Gasteiger partial charge in [0.05, 0.1) is 0 Å². The van der Waals surface area contributed by atoms with Gasteiger partial charge >= 0.3 is 0 Å². The SMILES string of the molecule is c1ccc(-c2cc3ccccc3cc2-c2ccc3c(c2)c(-c2ccccc2)c(-c2ccccc2)c2cc(-c4ccc(-c5ccc6ccccc6c5)c5ccccc45)ccc23)cc1. The number of benzene rings is 12. The minimum Gasteiger partial charge on any atom is -0.0622 e. The van der Waals surface area contributed by atoms with Crippen molar-refractivity contribution in [3.63, 3.8) is 0 Å². The molecule has 62 heavy (non-hydrogen) atoms. The maximum Gasteiger partial charge on any atom is -0.00201 e. The third-order valence-electron chi connectivity index (χ3n) is 12.8. The standard InChI is InChI=1S/C62H40/c1-4-17-42(18-5-1)57-37-46-24-12-13-25-47(46)38-58(57)50-31-33-56-55-32-30-49(39-59(55)61(43-19-6-2-7-20-43)62(60(56)40-50)44-21-8-3-9-22-44)52-35-34-51(53-26-14-15-27-54(52)53)48-29-28-41-16-10-11-23-45(41)36-48/h1-40H. The fraction of sp³-hybridized carbons (Fsp3) is 0. The molecule has 0 aromatic heterocycles. The molecule has 0 nitrogen and oxygen atoms in total. The lowest BCUT2D eigenvalue weighted by molar-refractivity contribution is 1.60. The summed E-state index contributed by atoms with van der Waals surface area (Å²) in [5.74, 6) is 0. The van der Waals surface area contributed by atoms with Crippen molar-refractivity contribution in [3.05, 3.63) is 243 Å². The van der Waals surface area contributed by atoms with Crippen molar-refractivity contribution in [2.45, 2.75) is 0 Å².